The van der Waals surface area contributed by atoms with Gasteiger partial charge in [-0.1, -0.05) is 6.42 Å². The summed E-state index contributed by atoms with van der Waals surface area (Å²) in [6, 6.07) is 0.227. The molecule has 0 aliphatic heterocycles. The number of hydrogen-bond donors (Lipinski definition) is 2. The van der Waals surface area contributed by atoms with Crippen LogP contribution in [0.25, 0.3) is 0 Å². The van der Waals surface area contributed by atoms with Crippen LogP contribution in [0.15, 0.2) is 10.7 Å². The Kier molecular flexibility index (Phi) is 2.90. The molecule has 78 valence electrons. The van der Waals surface area contributed by atoms with E-state index in [1.807, 2.05) is 17.9 Å². The molecular weight excluding hydrogens is 244 g/mol. The smallest absolute Gasteiger partial charge is 0.0708 e. The predicted molar refractivity (Wildman–Crippen MR) is 58.3 cm³/mol. The summed E-state index contributed by atoms with van der Waals surface area (Å²) >= 11 is 3.50. The van der Waals surface area contributed by atoms with Crippen LogP contribution in [0, 0.1) is 5.92 Å². The summed E-state index contributed by atoms with van der Waals surface area (Å²) in [5.74, 6) is 6.26. The number of rotatable bonds is 3. The van der Waals surface area contributed by atoms with Crippen molar-refractivity contribution < 1.29 is 0 Å². The minimum absolute atomic E-state index is 0.227. The van der Waals surface area contributed by atoms with Gasteiger partial charge < -0.3 is 0 Å². The minimum Gasteiger partial charge on any atom is -0.271 e. The van der Waals surface area contributed by atoms with E-state index in [0.29, 0.717) is 5.92 Å². The lowest BCUT2D eigenvalue weighted by Crippen LogP contribution is -2.37. The molecule has 3 N–H and O–H groups in total. The molecule has 0 saturated heterocycles. The first kappa shape index (κ1) is 10.1. The molecule has 1 aromatic heterocycles. The lowest BCUT2D eigenvalue weighted by molar-refractivity contribution is 0.224. The number of nitrogens with one attached hydrogen (secondary N) is 1. The first-order valence-corrected chi connectivity index (χ1v) is 5.67. The molecule has 1 atom stereocenters. The van der Waals surface area contributed by atoms with Crippen molar-refractivity contribution in [1.29, 1.82) is 0 Å². The van der Waals surface area contributed by atoms with Gasteiger partial charge in [-0.15, -0.1) is 0 Å². The monoisotopic (exact) mass is 258 g/mol. The molecule has 1 saturated carbocycles. The van der Waals surface area contributed by atoms with Gasteiger partial charge in [-0.3, -0.25) is 16.0 Å². The van der Waals surface area contributed by atoms with Crippen molar-refractivity contribution in [2.24, 2.45) is 18.8 Å². The zero-order valence-electron chi connectivity index (χ0n) is 8.20. The highest BCUT2D eigenvalue weighted by Gasteiger charge is 2.30. The van der Waals surface area contributed by atoms with Gasteiger partial charge >= 0.3 is 0 Å². The largest absolute Gasteiger partial charge is 0.271 e. The molecule has 1 aromatic rings. The van der Waals surface area contributed by atoms with Crippen LogP contribution in [0.4, 0.5) is 0 Å². The average Bonchev–Trinajstić information content (AvgIpc) is 2.40. The van der Waals surface area contributed by atoms with Crippen LogP contribution in [0.2, 0.25) is 0 Å². The Morgan fingerprint density at radius 1 is 1.71 bits per heavy atom. The fraction of sp³-hybridized carbons (Fsp3) is 0.667. The molecule has 0 aromatic carbocycles. The molecule has 1 heterocycles. The van der Waals surface area contributed by atoms with Crippen LogP contribution in [0.5, 0.6) is 0 Å². The van der Waals surface area contributed by atoms with Gasteiger partial charge in [-0.05, 0) is 34.7 Å². The third-order valence-corrected chi connectivity index (χ3v) is 3.64. The molecular formula is C9H15BrN4. The first-order valence-electron chi connectivity index (χ1n) is 4.87. The summed E-state index contributed by atoms with van der Waals surface area (Å²) in [4.78, 5) is 0. The van der Waals surface area contributed by atoms with E-state index in [-0.39, 0.29) is 6.04 Å². The highest BCUT2D eigenvalue weighted by Crippen LogP contribution is 2.39. The lowest BCUT2D eigenvalue weighted by Gasteiger charge is -2.33. The SMILES string of the molecule is Cn1ncc(Br)c1C(NN)C1CCC1. The molecule has 2 rings (SSSR count). The summed E-state index contributed by atoms with van der Waals surface area (Å²) in [5.41, 5.74) is 4.05. The van der Waals surface area contributed by atoms with Gasteiger partial charge in [-0.25, -0.2) is 0 Å². The number of aryl methyl sites for hydroxylation is 1. The Bertz CT molecular complexity index is 299. The summed E-state index contributed by atoms with van der Waals surface area (Å²) < 4.78 is 2.92. The zero-order valence-corrected chi connectivity index (χ0v) is 9.79. The third kappa shape index (κ3) is 1.60. The molecule has 5 heteroatoms. The summed E-state index contributed by atoms with van der Waals surface area (Å²) in [6.45, 7) is 0. The zero-order chi connectivity index (χ0) is 10.1. The van der Waals surface area contributed by atoms with Gasteiger partial charge in [0.1, 0.15) is 0 Å². The highest BCUT2D eigenvalue weighted by atomic mass is 79.9. The molecule has 14 heavy (non-hydrogen) atoms. The highest BCUT2D eigenvalue weighted by molar-refractivity contribution is 9.10. The van der Waals surface area contributed by atoms with Crippen LogP contribution in [0.3, 0.4) is 0 Å². The molecule has 0 amide bonds. The first-order chi connectivity index (χ1) is 6.74. The Morgan fingerprint density at radius 2 is 2.43 bits per heavy atom. The van der Waals surface area contributed by atoms with Crippen molar-refractivity contribution >= 4 is 15.9 Å². The quantitative estimate of drug-likeness (QED) is 0.638. The maximum Gasteiger partial charge on any atom is 0.0708 e. The summed E-state index contributed by atoms with van der Waals surface area (Å²) in [7, 11) is 1.95. The summed E-state index contributed by atoms with van der Waals surface area (Å²) in [5, 5.41) is 4.20. The van der Waals surface area contributed by atoms with E-state index in [9.17, 15) is 0 Å². The Hall–Kier alpha value is -0.390. The van der Waals surface area contributed by atoms with Crippen LogP contribution in [0.1, 0.15) is 31.0 Å². The topological polar surface area (TPSA) is 55.9 Å². The minimum atomic E-state index is 0.227. The van der Waals surface area contributed by atoms with Gasteiger partial charge in [0.15, 0.2) is 0 Å². The number of hydrogen-bond acceptors (Lipinski definition) is 3. The second-order valence-electron chi connectivity index (χ2n) is 3.84. The van der Waals surface area contributed by atoms with Crippen molar-refractivity contribution in [3.63, 3.8) is 0 Å². The molecule has 0 radical (unpaired) electrons. The molecule has 1 unspecified atom stereocenters. The number of hydrazine groups is 1. The second-order valence-corrected chi connectivity index (χ2v) is 4.69. The van der Waals surface area contributed by atoms with Crippen LogP contribution < -0.4 is 11.3 Å². The van der Waals surface area contributed by atoms with E-state index < -0.39 is 0 Å². The fourth-order valence-electron chi connectivity index (χ4n) is 1.98. The molecule has 0 spiro atoms. The molecule has 0 bridgehead atoms. The normalized spacial score (nSPS) is 19.4. The van der Waals surface area contributed by atoms with Crippen molar-refractivity contribution in [2.75, 3.05) is 0 Å². The van der Waals surface area contributed by atoms with Crippen LogP contribution in [-0.2, 0) is 7.05 Å². The fourth-order valence-corrected chi connectivity index (χ4v) is 2.58. The molecule has 1 fully saturated rings. The Balaban J connectivity index is 2.25. The molecule has 4 nitrogen and oxygen atoms in total. The Labute approximate surface area is 91.9 Å². The van der Waals surface area contributed by atoms with Gasteiger partial charge in [0.2, 0.25) is 0 Å². The number of aromatic nitrogens is 2. The molecule has 1 aliphatic carbocycles. The van der Waals surface area contributed by atoms with Crippen molar-refractivity contribution in [1.82, 2.24) is 15.2 Å². The van der Waals surface area contributed by atoms with E-state index in [4.69, 9.17) is 5.84 Å². The number of nitrogens with two attached hydrogens (primary N) is 1. The number of nitrogens with zero attached hydrogens (tertiary/aromatic N) is 2. The van der Waals surface area contributed by atoms with E-state index in [1.165, 1.54) is 19.3 Å². The van der Waals surface area contributed by atoms with E-state index >= 15 is 0 Å². The van der Waals surface area contributed by atoms with Crippen molar-refractivity contribution in [2.45, 2.75) is 25.3 Å². The van der Waals surface area contributed by atoms with E-state index in [2.05, 4.69) is 26.5 Å². The van der Waals surface area contributed by atoms with Gasteiger partial charge in [-0.2, -0.15) is 5.10 Å². The average molecular weight is 259 g/mol. The van der Waals surface area contributed by atoms with Crippen molar-refractivity contribution in [3.8, 4) is 0 Å². The standard InChI is InChI=1S/C9H15BrN4/c1-14-9(7(10)5-12-14)8(13-11)6-3-2-4-6/h5-6,8,13H,2-4,11H2,1H3. The van der Waals surface area contributed by atoms with E-state index in [1.54, 1.807) is 0 Å². The van der Waals surface area contributed by atoms with Crippen LogP contribution >= 0.6 is 15.9 Å². The maximum absolute atomic E-state index is 5.60. The summed E-state index contributed by atoms with van der Waals surface area (Å²) in [6.07, 6.45) is 5.65. The third-order valence-electron chi connectivity index (χ3n) is 3.03. The Morgan fingerprint density at radius 3 is 2.79 bits per heavy atom. The van der Waals surface area contributed by atoms with Crippen LogP contribution in [-0.4, -0.2) is 9.78 Å². The van der Waals surface area contributed by atoms with E-state index in [0.717, 1.165) is 10.2 Å². The molecule has 1 aliphatic rings. The van der Waals surface area contributed by atoms with Gasteiger partial charge in [0.05, 0.1) is 22.4 Å². The van der Waals surface area contributed by atoms with Gasteiger partial charge in [0, 0.05) is 7.05 Å². The lowest BCUT2D eigenvalue weighted by atomic mass is 9.79. The maximum atomic E-state index is 5.60. The number of halogens is 1. The predicted octanol–water partition coefficient (Wildman–Crippen LogP) is 1.49. The van der Waals surface area contributed by atoms with Gasteiger partial charge in [0.25, 0.3) is 0 Å². The van der Waals surface area contributed by atoms with Crippen molar-refractivity contribution in [3.05, 3.63) is 16.4 Å². The second kappa shape index (κ2) is 4.00.